The summed E-state index contributed by atoms with van der Waals surface area (Å²) < 4.78 is 19.6. The highest BCUT2D eigenvalue weighted by Crippen LogP contribution is 2.35. The van der Waals surface area contributed by atoms with Gasteiger partial charge < -0.3 is 19.1 Å². The van der Waals surface area contributed by atoms with E-state index in [1.807, 2.05) is 30.3 Å². The van der Waals surface area contributed by atoms with Crippen molar-refractivity contribution < 1.29 is 14.2 Å². The van der Waals surface area contributed by atoms with Crippen molar-refractivity contribution in [3.8, 4) is 17.2 Å². The lowest BCUT2D eigenvalue weighted by molar-refractivity contribution is 0.0556. The Kier molecular flexibility index (Phi) is 6.51. The van der Waals surface area contributed by atoms with Crippen LogP contribution in [0.1, 0.15) is 24.8 Å². The molecule has 0 radical (unpaired) electrons. The Morgan fingerprint density at radius 3 is 2.72 bits per heavy atom. The molecule has 0 bridgehead atoms. The van der Waals surface area contributed by atoms with Gasteiger partial charge in [0.05, 0.1) is 12.2 Å². The van der Waals surface area contributed by atoms with E-state index in [9.17, 15) is 4.79 Å². The summed E-state index contributed by atoms with van der Waals surface area (Å²) in [5, 5.41) is 4.49. The molecule has 2 aromatic carbocycles. The fourth-order valence-corrected chi connectivity index (χ4v) is 5.43. The Labute approximate surface area is 211 Å². The fourth-order valence-electron chi connectivity index (χ4n) is 5.43. The largest absolute Gasteiger partial charge is 0.486 e. The first-order valence-electron chi connectivity index (χ1n) is 12.9. The van der Waals surface area contributed by atoms with Gasteiger partial charge in [-0.2, -0.15) is 5.10 Å². The number of hydrogen-bond acceptors (Lipinski definition) is 7. The maximum atomic E-state index is 13.1. The van der Waals surface area contributed by atoms with Crippen molar-refractivity contribution in [3.63, 3.8) is 0 Å². The molecule has 3 aliphatic heterocycles. The van der Waals surface area contributed by atoms with Crippen molar-refractivity contribution in [2.45, 2.75) is 44.5 Å². The summed E-state index contributed by atoms with van der Waals surface area (Å²) >= 11 is 0. The van der Waals surface area contributed by atoms with E-state index < -0.39 is 0 Å². The van der Waals surface area contributed by atoms with Crippen molar-refractivity contribution in [1.29, 1.82) is 0 Å². The van der Waals surface area contributed by atoms with Gasteiger partial charge in [0.2, 0.25) is 5.75 Å². The Bertz CT molecular complexity index is 1250. The van der Waals surface area contributed by atoms with Crippen molar-refractivity contribution in [2.24, 2.45) is 0 Å². The summed E-state index contributed by atoms with van der Waals surface area (Å²) in [6.07, 6.45) is 4.78. The smallest absolute Gasteiger partial charge is 0.311 e. The number of benzene rings is 2. The van der Waals surface area contributed by atoms with Crippen molar-refractivity contribution in [2.75, 3.05) is 37.7 Å². The SMILES string of the molecule is O=c1c2c(cnn1CCCN(Cc1ccccc1)CC1COc3ccccc3O1)N1CCC[C@H]1CO2. The number of aryl methyl sites for hydroxylation is 1. The van der Waals surface area contributed by atoms with Crippen LogP contribution in [0.15, 0.2) is 65.6 Å². The molecule has 1 fully saturated rings. The van der Waals surface area contributed by atoms with Crippen LogP contribution in [0, 0.1) is 0 Å². The minimum atomic E-state index is -0.131. The van der Waals surface area contributed by atoms with Crippen LogP contribution in [0.4, 0.5) is 5.69 Å². The molecule has 2 atom stereocenters. The van der Waals surface area contributed by atoms with Gasteiger partial charge in [-0.3, -0.25) is 9.69 Å². The second-order valence-corrected chi connectivity index (χ2v) is 9.76. The van der Waals surface area contributed by atoms with E-state index in [4.69, 9.17) is 14.2 Å². The molecule has 1 saturated heterocycles. The van der Waals surface area contributed by atoms with Gasteiger partial charge in [0.15, 0.2) is 11.5 Å². The van der Waals surface area contributed by atoms with Crippen LogP contribution in [0.5, 0.6) is 17.2 Å². The van der Waals surface area contributed by atoms with Crippen molar-refractivity contribution in [1.82, 2.24) is 14.7 Å². The molecule has 1 unspecified atom stereocenters. The lowest BCUT2D eigenvalue weighted by Crippen LogP contribution is -2.42. The molecule has 3 aliphatic rings. The predicted molar refractivity (Wildman–Crippen MR) is 137 cm³/mol. The van der Waals surface area contributed by atoms with Gasteiger partial charge in [0.1, 0.15) is 25.0 Å². The lowest BCUT2D eigenvalue weighted by Gasteiger charge is -2.33. The normalized spacial score (nSPS) is 20.1. The highest BCUT2D eigenvalue weighted by atomic mass is 16.6. The van der Waals surface area contributed by atoms with Crippen LogP contribution in [-0.4, -0.2) is 59.7 Å². The van der Waals surface area contributed by atoms with Crippen LogP contribution in [-0.2, 0) is 13.1 Å². The monoisotopic (exact) mass is 488 g/mol. The second-order valence-electron chi connectivity index (χ2n) is 9.76. The third kappa shape index (κ3) is 4.78. The van der Waals surface area contributed by atoms with Gasteiger partial charge in [-0.25, -0.2) is 4.68 Å². The molecular weight excluding hydrogens is 456 g/mol. The molecule has 188 valence electrons. The quantitative estimate of drug-likeness (QED) is 0.482. The molecule has 1 aromatic heterocycles. The van der Waals surface area contributed by atoms with E-state index in [-0.39, 0.29) is 11.7 Å². The maximum Gasteiger partial charge on any atom is 0.311 e. The van der Waals surface area contributed by atoms with Crippen LogP contribution in [0.3, 0.4) is 0 Å². The van der Waals surface area contributed by atoms with E-state index in [1.165, 1.54) is 5.56 Å². The minimum Gasteiger partial charge on any atom is -0.486 e. The summed E-state index contributed by atoms with van der Waals surface area (Å²) in [5.74, 6) is 2.04. The van der Waals surface area contributed by atoms with E-state index in [0.717, 1.165) is 62.6 Å². The van der Waals surface area contributed by atoms with Crippen LogP contribution < -0.4 is 24.7 Å². The molecular formula is C28H32N4O4. The molecule has 36 heavy (non-hydrogen) atoms. The molecule has 0 aliphatic carbocycles. The van der Waals surface area contributed by atoms with Gasteiger partial charge in [-0.15, -0.1) is 0 Å². The number of para-hydroxylation sites is 2. The molecule has 6 rings (SSSR count). The molecule has 0 amide bonds. The first-order chi connectivity index (χ1) is 17.7. The zero-order valence-electron chi connectivity index (χ0n) is 20.4. The van der Waals surface area contributed by atoms with Gasteiger partial charge >= 0.3 is 5.56 Å². The van der Waals surface area contributed by atoms with Gasteiger partial charge in [-0.1, -0.05) is 42.5 Å². The summed E-state index contributed by atoms with van der Waals surface area (Å²) in [4.78, 5) is 17.7. The molecule has 4 heterocycles. The Morgan fingerprint density at radius 1 is 1.00 bits per heavy atom. The van der Waals surface area contributed by atoms with E-state index in [2.05, 4.69) is 39.2 Å². The molecule has 0 spiro atoms. The third-order valence-corrected chi connectivity index (χ3v) is 7.21. The Morgan fingerprint density at radius 2 is 1.83 bits per heavy atom. The van der Waals surface area contributed by atoms with Gasteiger partial charge in [0, 0.05) is 32.7 Å². The Hall–Kier alpha value is -3.52. The summed E-state index contributed by atoms with van der Waals surface area (Å²) in [7, 11) is 0. The highest BCUT2D eigenvalue weighted by Gasteiger charge is 2.33. The number of aromatic nitrogens is 2. The topological polar surface area (TPSA) is 69.1 Å². The van der Waals surface area contributed by atoms with E-state index in [1.54, 1.807) is 10.9 Å². The number of nitrogens with zero attached hydrogens (tertiary/aromatic N) is 4. The molecule has 8 heteroatoms. The number of anilines is 1. The second kappa shape index (κ2) is 10.2. The van der Waals surface area contributed by atoms with Crippen molar-refractivity contribution in [3.05, 3.63) is 76.7 Å². The summed E-state index contributed by atoms with van der Waals surface area (Å²) in [6.45, 7) is 4.94. The van der Waals surface area contributed by atoms with Crippen molar-refractivity contribution >= 4 is 5.69 Å². The minimum absolute atomic E-state index is 0.0602. The number of rotatable bonds is 8. The number of fused-ring (bicyclic) bond motifs is 4. The maximum absolute atomic E-state index is 13.1. The summed E-state index contributed by atoms with van der Waals surface area (Å²) in [5.41, 5.74) is 1.96. The molecule has 0 N–H and O–H groups in total. The highest BCUT2D eigenvalue weighted by molar-refractivity contribution is 5.58. The van der Waals surface area contributed by atoms with E-state index in [0.29, 0.717) is 31.5 Å². The van der Waals surface area contributed by atoms with Crippen LogP contribution in [0.2, 0.25) is 0 Å². The first kappa shape index (κ1) is 22.9. The number of ether oxygens (including phenoxy) is 3. The zero-order chi connectivity index (χ0) is 24.3. The molecule has 0 saturated carbocycles. The lowest BCUT2D eigenvalue weighted by atomic mass is 10.2. The predicted octanol–water partition coefficient (Wildman–Crippen LogP) is 3.34. The zero-order valence-corrected chi connectivity index (χ0v) is 20.4. The molecule has 8 nitrogen and oxygen atoms in total. The Balaban J connectivity index is 1.12. The first-order valence-corrected chi connectivity index (χ1v) is 12.9. The van der Waals surface area contributed by atoms with Gasteiger partial charge in [0.25, 0.3) is 0 Å². The average molecular weight is 489 g/mol. The summed E-state index contributed by atoms with van der Waals surface area (Å²) in [6, 6.07) is 18.6. The number of hydrogen-bond donors (Lipinski definition) is 0. The van der Waals surface area contributed by atoms with Crippen LogP contribution in [0.25, 0.3) is 0 Å². The van der Waals surface area contributed by atoms with Crippen LogP contribution >= 0.6 is 0 Å². The van der Waals surface area contributed by atoms with Gasteiger partial charge in [-0.05, 0) is 37.0 Å². The fraction of sp³-hybridized carbons (Fsp3) is 0.429. The third-order valence-electron chi connectivity index (χ3n) is 7.21. The standard InChI is InChI=1S/C28H32N4O4/c33-28-27-24(31-14-6-10-22(31)19-35-27)16-29-32(28)15-7-13-30(17-21-8-2-1-3-9-21)18-23-20-34-25-11-4-5-12-26(25)36-23/h1-5,8-9,11-12,16,22-23H,6-7,10,13-15,17-20H2/t22-,23?/m0/s1. The molecule has 3 aromatic rings. The average Bonchev–Trinajstić information content (AvgIpc) is 3.40. The van der Waals surface area contributed by atoms with E-state index >= 15 is 0 Å².